The molecule has 1 aromatic rings. The van der Waals surface area contributed by atoms with E-state index in [2.05, 4.69) is 4.99 Å². The van der Waals surface area contributed by atoms with Crippen LogP contribution < -0.4 is 0 Å². The molecule has 0 aromatic heterocycles. The minimum absolute atomic E-state index is 0.262. The highest BCUT2D eigenvalue weighted by atomic mass is 19.1. The van der Waals surface area contributed by atoms with E-state index in [0.29, 0.717) is 0 Å². The molecule has 0 radical (unpaired) electrons. The Kier molecular flexibility index (Phi) is 2.43. The van der Waals surface area contributed by atoms with Crippen molar-refractivity contribution >= 4 is 6.08 Å². The molecule has 0 amide bonds. The molecular weight excluding hydrogens is 205 g/mol. The van der Waals surface area contributed by atoms with Gasteiger partial charge in [-0.1, -0.05) is 29.8 Å². The van der Waals surface area contributed by atoms with Crippen LogP contribution in [0.3, 0.4) is 0 Å². The van der Waals surface area contributed by atoms with Gasteiger partial charge in [-0.05, 0) is 19.4 Å². The third kappa shape index (κ3) is 1.79. The highest BCUT2D eigenvalue weighted by molar-refractivity contribution is 5.41. The van der Waals surface area contributed by atoms with Crippen LogP contribution in [0.15, 0.2) is 29.3 Å². The fourth-order valence-electron chi connectivity index (χ4n) is 2.47. The summed E-state index contributed by atoms with van der Waals surface area (Å²) >= 11 is 0. The average Bonchev–Trinajstić information content (AvgIpc) is 2.16. The number of aliphatic imine (C=N–C) groups is 1. The third-order valence-electron chi connectivity index (χ3n) is 3.17. The summed E-state index contributed by atoms with van der Waals surface area (Å²) in [4.78, 5) is 14.3. The molecule has 0 heterocycles. The van der Waals surface area contributed by atoms with Crippen molar-refractivity contribution in [2.45, 2.75) is 37.9 Å². The Hall–Kier alpha value is -1.47. The molecule has 1 aliphatic rings. The van der Waals surface area contributed by atoms with Crippen molar-refractivity contribution in [1.29, 1.82) is 0 Å². The van der Waals surface area contributed by atoms with Crippen LogP contribution in [0.4, 0.5) is 4.39 Å². The predicted octanol–water partition coefficient (Wildman–Crippen LogP) is 3.05. The lowest BCUT2D eigenvalue weighted by atomic mass is 9.64. The monoisotopic (exact) mass is 219 g/mol. The molecule has 0 saturated heterocycles. The summed E-state index contributed by atoms with van der Waals surface area (Å²) in [6.45, 7) is 3.53. The standard InChI is InChI=1S/C13H14FNO/c1-10-3-5-11(6-4-10)13(15-9-16)7-12(2,14)8-13/h3-6H,7-8H2,1-2H3. The molecule has 0 bridgehead atoms. The largest absolute Gasteiger partial charge is 0.244 e. The van der Waals surface area contributed by atoms with E-state index in [9.17, 15) is 9.18 Å². The summed E-state index contributed by atoms with van der Waals surface area (Å²) in [5.74, 6) is 0. The lowest BCUT2D eigenvalue weighted by Gasteiger charge is -2.46. The average molecular weight is 219 g/mol. The van der Waals surface area contributed by atoms with E-state index in [1.165, 1.54) is 0 Å². The van der Waals surface area contributed by atoms with Crippen molar-refractivity contribution in [3.63, 3.8) is 0 Å². The number of aryl methyl sites for hydroxylation is 1. The van der Waals surface area contributed by atoms with Crippen LogP contribution in [0, 0.1) is 6.92 Å². The number of halogens is 1. The fraction of sp³-hybridized carbons (Fsp3) is 0.462. The molecule has 0 N–H and O–H groups in total. The summed E-state index contributed by atoms with van der Waals surface area (Å²) in [5.41, 5.74) is 0.136. The Morgan fingerprint density at radius 2 is 1.88 bits per heavy atom. The van der Waals surface area contributed by atoms with Crippen molar-refractivity contribution in [3.05, 3.63) is 35.4 Å². The molecule has 0 atom stereocenters. The van der Waals surface area contributed by atoms with E-state index in [4.69, 9.17) is 0 Å². The Balaban J connectivity index is 2.35. The zero-order valence-corrected chi connectivity index (χ0v) is 9.46. The molecule has 1 saturated carbocycles. The second-order valence-electron chi connectivity index (χ2n) is 4.87. The predicted molar refractivity (Wildman–Crippen MR) is 59.7 cm³/mol. The molecule has 0 aliphatic heterocycles. The van der Waals surface area contributed by atoms with Crippen molar-refractivity contribution in [2.24, 2.45) is 4.99 Å². The number of carbonyl (C=O) groups excluding carboxylic acids is 1. The van der Waals surface area contributed by atoms with Crippen molar-refractivity contribution in [1.82, 2.24) is 0 Å². The van der Waals surface area contributed by atoms with Gasteiger partial charge in [0, 0.05) is 12.8 Å². The summed E-state index contributed by atoms with van der Waals surface area (Å²) in [6, 6.07) is 7.72. The molecule has 2 nitrogen and oxygen atoms in total. The van der Waals surface area contributed by atoms with Gasteiger partial charge in [0.05, 0.1) is 0 Å². The smallest absolute Gasteiger partial charge is 0.235 e. The van der Waals surface area contributed by atoms with E-state index in [-0.39, 0.29) is 12.8 Å². The first-order valence-corrected chi connectivity index (χ1v) is 5.33. The topological polar surface area (TPSA) is 29.4 Å². The second-order valence-corrected chi connectivity index (χ2v) is 4.87. The van der Waals surface area contributed by atoms with Gasteiger partial charge < -0.3 is 0 Å². The first kappa shape index (κ1) is 11.0. The normalized spacial score (nSPS) is 32.7. The van der Waals surface area contributed by atoms with E-state index in [0.717, 1.165) is 11.1 Å². The van der Waals surface area contributed by atoms with Gasteiger partial charge in [0.15, 0.2) is 0 Å². The van der Waals surface area contributed by atoms with Crippen LogP contribution in [-0.4, -0.2) is 11.7 Å². The number of rotatable bonds is 2. The van der Waals surface area contributed by atoms with Gasteiger partial charge in [-0.2, -0.15) is 4.99 Å². The molecule has 1 aromatic carbocycles. The summed E-state index contributed by atoms with van der Waals surface area (Å²) in [6.07, 6.45) is 2.09. The van der Waals surface area contributed by atoms with Crippen LogP contribution in [0.25, 0.3) is 0 Å². The van der Waals surface area contributed by atoms with Gasteiger partial charge in [0.25, 0.3) is 0 Å². The molecule has 0 spiro atoms. The van der Waals surface area contributed by atoms with Crippen molar-refractivity contribution < 1.29 is 9.18 Å². The maximum atomic E-state index is 13.6. The first-order chi connectivity index (χ1) is 7.47. The Morgan fingerprint density at radius 3 is 2.31 bits per heavy atom. The molecular formula is C13H14FNO. The molecule has 1 aliphatic carbocycles. The van der Waals surface area contributed by atoms with Gasteiger partial charge in [0.2, 0.25) is 6.08 Å². The third-order valence-corrected chi connectivity index (χ3v) is 3.17. The van der Waals surface area contributed by atoms with Crippen LogP contribution in [0.5, 0.6) is 0 Å². The van der Waals surface area contributed by atoms with Gasteiger partial charge in [-0.15, -0.1) is 0 Å². The SMILES string of the molecule is Cc1ccc(C2(N=C=O)CC(C)(F)C2)cc1. The van der Waals surface area contributed by atoms with Crippen LogP contribution >= 0.6 is 0 Å². The maximum Gasteiger partial charge on any atom is 0.235 e. The summed E-state index contributed by atoms with van der Waals surface area (Å²) in [5, 5.41) is 0. The molecule has 0 unspecified atom stereocenters. The van der Waals surface area contributed by atoms with Crippen LogP contribution in [-0.2, 0) is 10.3 Å². The van der Waals surface area contributed by atoms with E-state index >= 15 is 0 Å². The van der Waals surface area contributed by atoms with E-state index in [1.54, 1.807) is 13.0 Å². The van der Waals surface area contributed by atoms with Gasteiger partial charge in [-0.25, -0.2) is 9.18 Å². The number of isocyanates is 1. The number of hydrogen-bond donors (Lipinski definition) is 0. The number of benzene rings is 1. The Labute approximate surface area is 94.2 Å². The highest BCUT2D eigenvalue weighted by Crippen LogP contribution is 2.53. The van der Waals surface area contributed by atoms with Crippen molar-refractivity contribution in [2.75, 3.05) is 0 Å². The maximum absolute atomic E-state index is 13.6. The number of hydrogen-bond acceptors (Lipinski definition) is 2. The van der Waals surface area contributed by atoms with E-state index < -0.39 is 11.2 Å². The van der Waals surface area contributed by atoms with Gasteiger partial charge in [0.1, 0.15) is 11.2 Å². The van der Waals surface area contributed by atoms with E-state index in [1.807, 2.05) is 31.2 Å². The fourth-order valence-corrected chi connectivity index (χ4v) is 2.47. The lowest BCUT2D eigenvalue weighted by Crippen LogP contribution is -2.48. The molecule has 84 valence electrons. The minimum atomic E-state index is -1.22. The zero-order valence-electron chi connectivity index (χ0n) is 9.46. The quantitative estimate of drug-likeness (QED) is 0.555. The zero-order chi connectivity index (χ0) is 11.8. The van der Waals surface area contributed by atoms with Gasteiger partial charge in [-0.3, -0.25) is 0 Å². The van der Waals surface area contributed by atoms with Crippen LogP contribution in [0.1, 0.15) is 30.9 Å². The Morgan fingerprint density at radius 1 is 1.31 bits per heavy atom. The number of nitrogens with zero attached hydrogens (tertiary/aromatic N) is 1. The molecule has 1 fully saturated rings. The highest BCUT2D eigenvalue weighted by Gasteiger charge is 2.54. The number of alkyl halides is 1. The molecule has 2 rings (SSSR count). The molecule has 3 heteroatoms. The Bertz CT molecular complexity index is 436. The minimum Gasteiger partial charge on any atom is -0.244 e. The summed E-state index contributed by atoms with van der Waals surface area (Å²) < 4.78 is 13.6. The summed E-state index contributed by atoms with van der Waals surface area (Å²) in [7, 11) is 0. The van der Waals surface area contributed by atoms with Crippen LogP contribution in [0.2, 0.25) is 0 Å². The van der Waals surface area contributed by atoms with Gasteiger partial charge >= 0.3 is 0 Å². The molecule has 16 heavy (non-hydrogen) atoms. The lowest BCUT2D eigenvalue weighted by molar-refractivity contribution is 0.00285. The first-order valence-electron chi connectivity index (χ1n) is 5.33. The second kappa shape index (κ2) is 3.53. The van der Waals surface area contributed by atoms with Crippen molar-refractivity contribution in [3.8, 4) is 0 Å².